The van der Waals surface area contributed by atoms with Crippen molar-refractivity contribution < 1.29 is 20.4 Å². The van der Waals surface area contributed by atoms with E-state index in [1.165, 1.54) is 35.0 Å². The number of rotatable bonds is 8. The molecule has 26 heavy (non-hydrogen) atoms. The van der Waals surface area contributed by atoms with Gasteiger partial charge in [-0.1, -0.05) is 11.6 Å². The van der Waals surface area contributed by atoms with Crippen LogP contribution in [-0.2, 0) is 19.4 Å². The van der Waals surface area contributed by atoms with Crippen molar-refractivity contribution in [2.75, 3.05) is 26.4 Å². The molecule has 6 heteroatoms. The SMILES string of the molecule is Cc1ccc2c(c1)c1c(n2C[C@@H](O)CNC(CO)(CO)CO)CCCC1. The Hall–Kier alpha value is -1.44. The number of nitrogens with one attached hydrogen (secondary N) is 1. The predicted molar refractivity (Wildman–Crippen MR) is 101 cm³/mol. The first-order chi connectivity index (χ1) is 12.5. The van der Waals surface area contributed by atoms with Gasteiger partial charge < -0.3 is 30.3 Å². The first-order valence-corrected chi connectivity index (χ1v) is 9.40. The van der Waals surface area contributed by atoms with Crippen LogP contribution >= 0.6 is 0 Å². The minimum atomic E-state index is -1.17. The molecule has 0 bridgehead atoms. The molecule has 0 unspecified atom stereocenters. The number of nitrogens with zero attached hydrogens (tertiary/aromatic N) is 1. The summed E-state index contributed by atoms with van der Waals surface area (Å²) in [6.45, 7) is 1.54. The minimum absolute atomic E-state index is 0.183. The molecule has 1 heterocycles. The summed E-state index contributed by atoms with van der Waals surface area (Å²) in [5, 5.41) is 43.0. The van der Waals surface area contributed by atoms with Gasteiger partial charge in [0.1, 0.15) is 0 Å². The zero-order valence-electron chi connectivity index (χ0n) is 15.4. The quantitative estimate of drug-likeness (QED) is 0.471. The average Bonchev–Trinajstić information content (AvgIpc) is 2.97. The van der Waals surface area contributed by atoms with E-state index in [4.69, 9.17) is 0 Å². The molecule has 1 aliphatic rings. The van der Waals surface area contributed by atoms with Crippen LogP contribution in [0.2, 0.25) is 0 Å². The van der Waals surface area contributed by atoms with Crippen LogP contribution in [0.25, 0.3) is 10.9 Å². The van der Waals surface area contributed by atoms with Gasteiger partial charge in [-0.2, -0.15) is 0 Å². The van der Waals surface area contributed by atoms with Gasteiger partial charge in [-0.25, -0.2) is 0 Å². The van der Waals surface area contributed by atoms with Crippen molar-refractivity contribution in [3.8, 4) is 0 Å². The molecule has 1 aromatic heterocycles. The summed E-state index contributed by atoms with van der Waals surface area (Å²) in [5.74, 6) is 0. The van der Waals surface area contributed by atoms with Crippen LogP contribution in [0.1, 0.15) is 29.7 Å². The summed E-state index contributed by atoms with van der Waals surface area (Å²) in [6, 6.07) is 6.46. The molecule has 0 amide bonds. The van der Waals surface area contributed by atoms with E-state index in [0.717, 1.165) is 18.4 Å². The number of hydrogen-bond donors (Lipinski definition) is 5. The van der Waals surface area contributed by atoms with Crippen molar-refractivity contribution in [3.63, 3.8) is 0 Å². The Balaban J connectivity index is 1.82. The second-order valence-electron chi connectivity index (χ2n) is 7.55. The number of β-amino-alcohol motifs (C(OH)–C–C–N with tert-alkyl or cyclic N) is 1. The van der Waals surface area contributed by atoms with Gasteiger partial charge in [0.05, 0.1) is 38.0 Å². The standard InChI is InChI=1S/C20H30N2O4/c1-14-6-7-19-17(8-14)16-4-2-3-5-18(16)22(19)10-15(26)9-21-20(11-23,12-24)13-25/h6-8,15,21,23-26H,2-5,9-13H2,1H3/t15-/m0/s1. The third-order valence-electron chi connectivity index (χ3n) is 5.55. The van der Waals surface area contributed by atoms with Crippen molar-refractivity contribution in [1.29, 1.82) is 0 Å². The van der Waals surface area contributed by atoms with Crippen LogP contribution in [-0.4, -0.2) is 63.0 Å². The number of hydrogen-bond acceptors (Lipinski definition) is 5. The zero-order chi connectivity index (χ0) is 18.7. The highest BCUT2D eigenvalue weighted by Crippen LogP contribution is 2.33. The molecule has 0 radical (unpaired) electrons. The molecule has 1 aliphatic carbocycles. The molecular weight excluding hydrogens is 332 g/mol. The molecule has 1 atom stereocenters. The summed E-state index contributed by atoms with van der Waals surface area (Å²) < 4.78 is 2.22. The molecule has 2 aromatic rings. The summed E-state index contributed by atoms with van der Waals surface area (Å²) in [6.07, 6.45) is 3.79. The second kappa shape index (κ2) is 8.06. The molecule has 6 nitrogen and oxygen atoms in total. The maximum atomic E-state index is 10.6. The maximum absolute atomic E-state index is 10.6. The fraction of sp³-hybridized carbons (Fsp3) is 0.600. The number of benzene rings is 1. The number of fused-ring (bicyclic) bond motifs is 3. The fourth-order valence-corrected chi connectivity index (χ4v) is 3.89. The van der Waals surface area contributed by atoms with Crippen LogP contribution in [0.5, 0.6) is 0 Å². The lowest BCUT2D eigenvalue weighted by Gasteiger charge is -2.30. The van der Waals surface area contributed by atoms with Gasteiger partial charge in [-0.05, 0) is 50.3 Å². The van der Waals surface area contributed by atoms with E-state index in [1.807, 2.05) is 0 Å². The molecule has 0 saturated carbocycles. The highest BCUT2D eigenvalue weighted by molar-refractivity contribution is 5.86. The number of aromatic nitrogens is 1. The van der Waals surface area contributed by atoms with Gasteiger partial charge in [0, 0.05) is 23.1 Å². The Morgan fingerprint density at radius 3 is 2.50 bits per heavy atom. The van der Waals surface area contributed by atoms with Crippen molar-refractivity contribution in [2.45, 2.75) is 50.8 Å². The Morgan fingerprint density at radius 1 is 1.12 bits per heavy atom. The van der Waals surface area contributed by atoms with Crippen LogP contribution in [0, 0.1) is 6.92 Å². The highest BCUT2D eigenvalue weighted by atomic mass is 16.3. The molecule has 0 aliphatic heterocycles. The topological polar surface area (TPSA) is 97.9 Å². The van der Waals surface area contributed by atoms with E-state index in [-0.39, 0.29) is 6.54 Å². The fourth-order valence-electron chi connectivity index (χ4n) is 3.89. The van der Waals surface area contributed by atoms with Gasteiger partial charge in [0.2, 0.25) is 0 Å². The minimum Gasteiger partial charge on any atom is -0.394 e. The first-order valence-electron chi connectivity index (χ1n) is 9.40. The predicted octanol–water partition coefficient (Wildman–Crippen LogP) is 0.495. The van der Waals surface area contributed by atoms with E-state index in [1.54, 1.807) is 0 Å². The van der Waals surface area contributed by atoms with E-state index in [2.05, 4.69) is 35.0 Å². The molecule has 144 valence electrons. The molecule has 5 N–H and O–H groups in total. The van der Waals surface area contributed by atoms with Crippen LogP contribution in [0.3, 0.4) is 0 Å². The van der Waals surface area contributed by atoms with Gasteiger partial charge in [-0.15, -0.1) is 0 Å². The average molecular weight is 362 g/mol. The lowest BCUT2D eigenvalue weighted by molar-refractivity contribution is 0.0306. The van der Waals surface area contributed by atoms with Gasteiger partial charge in [0.25, 0.3) is 0 Å². The number of aryl methyl sites for hydroxylation is 2. The summed E-state index contributed by atoms with van der Waals surface area (Å²) in [4.78, 5) is 0. The molecule has 0 fully saturated rings. The van der Waals surface area contributed by atoms with E-state index >= 15 is 0 Å². The smallest absolute Gasteiger partial charge is 0.0882 e. The second-order valence-corrected chi connectivity index (χ2v) is 7.55. The van der Waals surface area contributed by atoms with Gasteiger partial charge in [-0.3, -0.25) is 0 Å². The monoisotopic (exact) mass is 362 g/mol. The Kier molecular flexibility index (Phi) is 5.99. The number of aliphatic hydroxyl groups excluding tert-OH is 4. The molecule has 0 saturated heterocycles. The summed E-state index contributed by atoms with van der Waals surface area (Å²) in [5.41, 5.74) is 3.94. The van der Waals surface area contributed by atoms with Crippen molar-refractivity contribution in [2.24, 2.45) is 0 Å². The zero-order valence-corrected chi connectivity index (χ0v) is 15.4. The van der Waals surface area contributed by atoms with E-state index < -0.39 is 31.5 Å². The van der Waals surface area contributed by atoms with Crippen LogP contribution in [0.15, 0.2) is 18.2 Å². The number of aliphatic hydroxyl groups is 4. The van der Waals surface area contributed by atoms with E-state index in [9.17, 15) is 20.4 Å². The Labute approximate surface area is 154 Å². The largest absolute Gasteiger partial charge is 0.394 e. The Morgan fingerprint density at radius 2 is 1.81 bits per heavy atom. The maximum Gasteiger partial charge on any atom is 0.0882 e. The summed E-state index contributed by atoms with van der Waals surface area (Å²) in [7, 11) is 0. The third kappa shape index (κ3) is 3.66. The highest BCUT2D eigenvalue weighted by Gasteiger charge is 2.28. The van der Waals surface area contributed by atoms with Gasteiger partial charge >= 0.3 is 0 Å². The van der Waals surface area contributed by atoms with Crippen molar-refractivity contribution in [3.05, 3.63) is 35.0 Å². The molecule has 3 rings (SSSR count). The molecule has 1 aromatic carbocycles. The van der Waals surface area contributed by atoms with Crippen molar-refractivity contribution >= 4 is 10.9 Å². The van der Waals surface area contributed by atoms with Gasteiger partial charge in [0.15, 0.2) is 0 Å². The van der Waals surface area contributed by atoms with Crippen LogP contribution in [0.4, 0.5) is 0 Å². The normalized spacial score (nSPS) is 16.0. The lowest BCUT2D eigenvalue weighted by atomic mass is 9.95. The summed E-state index contributed by atoms with van der Waals surface area (Å²) >= 11 is 0. The lowest BCUT2D eigenvalue weighted by Crippen LogP contribution is -2.56. The third-order valence-corrected chi connectivity index (χ3v) is 5.55. The van der Waals surface area contributed by atoms with Crippen molar-refractivity contribution in [1.82, 2.24) is 9.88 Å². The van der Waals surface area contributed by atoms with E-state index in [0.29, 0.717) is 6.54 Å². The Bertz CT molecular complexity index is 744. The molecule has 0 spiro atoms. The first kappa shape index (κ1) is 19.3. The molecular formula is C20H30N2O4. The van der Waals surface area contributed by atoms with Crippen LogP contribution < -0.4 is 5.32 Å².